The number of hydrogen-bond donors (Lipinski definition) is 1. The van der Waals surface area contributed by atoms with Gasteiger partial charge in [0.2, 0.25) is 0 Å². The van der Waals surface area contributed by atoms with Crippen LogP contribution in [0.1, 0.15) is 58.4 Å². The van der Waals surface area contributed by atoms with Crippen molar-refractivity contribution in [2.45, 2.75) is 64.3 Å². The number of ether oxygens (including phenoxy) is 2. The number of allylic oxidation sites excluding steroid dienone is 2. The first-order valence-electron chi connectivity index (χ1n) is 8.63. The average molecular weight is 318 g/mol. The van der Waals surface area contributed by atoms with E-state index in [1.54, 1.807) is 0 Å². The maximum atomic E-state index is 10.5. The largest absolute Gasteiger partial charge is 0.390 e. The average Bonchev–Trinajstić information content (AvgIpc) is 2.97. The van der Waals surface area contributed by atoms with Gasteiger partial charge in [-0.2, -0.15) is 0 Å². The van der Waals surface area contributed by atoms with Crippen LogP contribution in [0.2, 0.25) is 0 Å². The summed E-state index contributed by atoms with van der Waals surface area (Å²) in [5, 5.41) is 10.5. The third-order valence-corrected chi connectivity index (χ3v) is 4.42. The van der Waals surface area contributed by atoms with Crippen LogP contribution < -0.4 is 0 Å². The van der Waals surface area contributed by atoms with Crippen LogP contribution in [0, 0.1) is 0 Å². The van der Waals surface area contributed by atoms with Crippen LogP contribution in [0.5, 0.6) is 0 Å². The Morgan fingerprint density at radius 3 is 2.43 bits per heavy atom. The molecule has 1 aromatic carbocycles. The molecule has 23 heavy (non-hydrogen) atoms. The minimum absolute atomic E-state index is 0.628. The van der Waals surface area contributed by atoms with E-state index in [0.717, 1.165) is 37.7 Å². The molecule has 0 aromatic heterocycles. The summed E-state index contributed by atoms with van der Waals surface area (Å²) in [6, 6.07) is 10.1. The van der Waals surface area contributed by atoms with Crippen molar-refractivity contribution in [3.05, 3.63) is 47.5 Å². The van der Waals surface area contributed by atoms with Gasteiger partial charge in [0.1, 0.15) is 0 Å². The van der Waals surface area contributed by atoms with Crippen molar-refractivity contribution >= 4 is 0 Å². The summed E-state index contributed by atoms with van der Waals surface area (Å²) < 4.78 is 11.9. The molecular weight excluding hydrogens is 288 g/mol. The zero-order valence-electron chi connectivity index (χ0n) is 14.7. The van der Waals surface area contributed by atoms with E-state index in [2.05, 4.69) is 32.1 Å². The lowest BCUT2D eigenvalue weighted by atomic mass is 9.90. The predicted molar refractivity (Wildman–Crippen MR) is 93.2 cm³/mol. The molecule has 0 amide bonds. The molecule has 3 nitrogen and oxygen atoms in total. The number of aliphatic hydroxyl groups is 1. The molecular formula is C20H30O3. The highest BCUT2D eigenvalue weighted by Crippen LogP contribution is 2.37. The molecule has 1 heterocycles. The Morgan fingerprint density at radius 1 is 1.17 bits per heavy atom. The third kappa shape index (κ3) is 5.45. The van der Waals surface area contributed by atoms with Crippen LogP contribution in [-0.2, 0) is 15.3 Å². The van der Waals surface area contributed by atoms with Crippen molar-refractivity contribution < 1.29 is 14.6 Å². The second-order valence-electron chi connectivity index (χ2n) is 6.99. The minimum Gasteiger partial charge on any atom is -0.390 e. The molecule has 1 N–H and O–H groups in total. The molecule has 1 aromatic rings. The fourth-order valence-corrected chi connectivity index (χ4v) is 3.10. The van der Waals surface area contributed by atoms with Gasteiger partial charge in [0, 0.05) is 12.0 Å². The van der Waals surface area contributed by atoms with Crippen LogP contribution in [0.25, 0.3) is 0 Å². The summed E-state index contributed by atoms with van der Waals surface area (Å²) in [4.78, 5) is 0. The Balaban J connectivity index is 1.89. The molecule has 1 saturated heterocycles. The normalized spacial score (nSPS) is 19.3. The van der Waals surface area contributed by atoms with Gasteiger partial charge in [-0.1, -0.05) is 42.0 Å². The smallest absolute Gasteiger partial charge is 0.194 e. The summed E-state index contributed by atoms with van der Waals surface area (Å²) in [7, 11) is 0. The van der Waals surface area contributed by atoms with E-state index in [4.69, 9.17) is 9.47 Å². The Morgan fingerprint density at radius 2 is 1.83 bits per heavy atom. The Kier molecular flexibility index (Phi) is 6.40. The Labute approximate surface area is 140 Å². The monoisotopic (exact) mass is 318 g/mol. The first-order valence-corrected chi connectivity index (χ1v) is 8.63. The van der Waals surface area contributed by atoms with E-state index in [-0.39, 0.29) is 0 Å². The summed E-state index contributed by atoms with van der Waals surface area (Å²) in [5.74, 6) is -0.628. The van der Waals surface area contributed by atoms with Crippen molar-refractivity contribution in [2.24, 2.45) is 0 Å². The highest BCUT2D eigenvalue weighted by molar-refractivity contribution is 5.21. The predicted octanol–water partition coefficient (Wildman–Crippen LogP) is 4.55. The number of hydrogen-bond acceptors (Lipinski definition) is 3. The van der Waals surface area contributed by atoms with Crippen molar-refractivity contribution in [2.75, 3.05) is 13.2 Å². The lowest BCUT2D eigenvalue weighted by Crippen LogP contribution is -2.29. The van der Waals surface area contributed by atoms with E-state index >= 15 is 0 Å². The van der Waals surface area contributed by atoms with Gasteiger partial charge >= 0.3 is 0 Å². The van der Waals surface area contributed by atoms with Gasteiger partial charge in [-0.15, -0.1) is 0 Å². The Bertz CT molecular complexity index is 495. The van der Waals surface area contributed by atoms with Crippen molar-refractivity contribution in [3.8, 4) is 0 Å². The molecule has 3 heteroatoms. The van der Waals surface area contributed by atoms with Gasteiger partial charge < -0.3 is 14.6 Å². The van der Waals surface area contributed by atoms with Crippen LogP contribution in [0.4, 0.5) is 0 Å². The van der Waals surface area contributed by atoms with E-state index in [9.17, 15) is 5.11 Å². The molecule has 0 bridgehead atoms. The summed E-state index contributed by atoms with van der Waals surface area (Å²) in [6.07, 6.45) is 6.30. The zero-order chi connectivity index (χ0) is 16.8. The molecule has 2 rings (SSSR count). The maximum absolute atomic E-state index is 10.5. The van der Waals surface area contributed by atoms with E-state index < -0.39 is 11.4 Å². The lowest BCUT2D eigenvalue weighted by molar-refractivity contribution is -0.173. The number of rotatable bonds is 8. The molecule has 1 aliphatic heterocycles. The first-order chi connectivity index (χ1) is 10.9. The highest BCUT2D eigenvalue weighted by Gasteiger charge is 2.38. The molecule has 0 aliphatic carbocycles. The van der Waals surface area contributed by atoms with Gasteiger partial charge in [-0.25, -0.2) is 0 Å². The van der Waals surface area contributed by atoms with Crippen LogP contribution in [-0.4, -0.2) is 23.9 Å². The van der Waals surface area contributed by atoms with Gasteiger partial charge in [0.25, 0.3) is 0 Å². The molecule has 1 atom stereocenters. The van der Waals surface area contributed by atoms with Crippen LogP contribution >= 0.6 is 0 Å². The van der Waals surface area contributed by atoms with Crippen LogP contribution in [0.15, 0.2) is 42.0 Å². The molecule has 128 valence electrons. The van der Waals surface area contributed by atoms with Gasteiger partial charge in [0.15, 0.2) is 5.79 Å². The second-order valence-corrected chi connectivity index (χ2v) is 6.99. The van der Waals surface area contributed by atoms with Crippen molar-refractivity contribution in [1.29, 1.82) is 0 Å². The van der Waals surface area contributed by atoms with E-state index in [0.29, 0.717) is 13.2 Å². The summed E-state index contributed by atoms with van der Waals surface area (Å²) in [5.41, 5.74) is 1.74. The first kappa shape index (κ1) is 18.2. The summed E-state index contributed by atoms with van der Waals surface area (Å²) >= 11 is 0. The highest BCUT2D eigenvalue weighted by atomic mass is 16.7. The summed E-state index contributed by atoms with van der Waals surface area (Å²) in [6.45, 7) is 7.37. The minimum atomic E-state index is -0.636. The molecule has 0 radical (unpaired) electrons. The van der Waals surface area contributed by atoms with Crippen molar-refractivity contribution in [1.82, 2.24) is 0 Å². The molecule has 1 unspecified atom stereocenters. The Hall–Kier alpha value is -1.16. The quantitative estimate of drug-likeness (QED) is 0.714. The topological polar surface area (TPSA) is 38.7 Å². The van der Waals surface area contributed by atoms with Crippen molar-refractivity contribution in [3.63, 3.8) is 0 Å². The van der Waals surface area contributed by atoms with Crippen LogP contribution in [0.3, 0.4) is 0 Å². The third-order valence-electron chi connectivity index (χ3n) is 4.42. The van der Waals surface area contributed by atoms with Gasteiger partial charge in [-0.3, -0.25) is 0 Å². The maximum Gasteiger partial charge on any atom is 0.194 e. The molecule has 1 aliphatic rings. The second kappa shape index (κ2) is 8.09. The SMILES string of the molecule is CC(C)=CCCC(C)(O)CCCC1(c2ccccc2)OCCO1. The molecule has 1 fully saturated rings. The lowest BCUT2D eigenvalue weighted by Gasteiger charge is -2.30. The fraction of sp³-hybridized carbons (Fsp3) is 0.600. The standard InChI is InChI=1S/C20H30O3/c1-17(2)9-7-12-19(3,21)13-8-14-20(22-15-16-23-20)18-10-5-4-6-11-18/h4-6,9-11,21H,7-8,12-16H2,1-3H3. The fourth-order valence-electron chi connectivity index (χ4n) is 3.10. The van der Waals surface area contributed by atoms with Gasteiger partial charge in [0.05, 0.1) is 18.8 Å². The zero-order valence-corrected chi connectivity index (χ0v) is 14.7. The molecule has 0 saturated carbocycles. The van der Waals surface area contributed by atoms with Gasteiger partial charge in [-0.05, 0) is 46.5 Å². The molecule has 0 spiro atoms. The van der Waals surface area contributed by atoms with E-state index in [1.807, 2.05) is 25.1 Å². The number of benzene rings is 1. The van der Waals surface area contributed by atoms with E-state index in [1.165, 1.54) is 5.57 Å².